The van der Waals surface area contributed by atoms with Crippen LogP contribution >= 0.6 is 24.0 Å². The van der Waals surface area contributed by atoms with Gasteiger partial charge >= 0.3 is 0 Å². The molecular weight excluding hydrogens is 429 g/mol. The van der Waals surface area contributed by atoms with Crippen LogP contribution in [0.3, 0.4) is 0 Å². The van der Waals surface area contributed by atoms with Gasteiger partial charge < -0.3 is 20.9 Å². The first-order chi connectivity index (χ1) is 11.4. The van der Waals surface area contributed by atoms with E-state index in [0.717, 1.165) is 38.7 Å². The molecule has 0 bridgehead atoms. The predicted octanol–water partition coefficient (Wildman–Crippen LogP) is 1.90. The minimum Gasteiger partial charge on any atom is -0.369 e. The van der Waals surface area contributed by atoms with Gasteiger partial charge in [-0.2, -0.15) is 0 Å². The number of rotatable bonds is 5. The Morgan fingerprint density at radius 1 is 1.20 bits per heavy atom. The lowest BCUT2D eigenvalue weighted by Crippen LogP contribution is -2.53. The van der Waals surface area contributed by atoms with Crippen LogP contribution in [-0.2, 0) is 4.79 Å². The van der Waals surface area contributed by atoms with Gasteiger partial charge in [0.15, 0.2) is 5.96 Å². The van der Waals surface area contributed by atoms with Crippen molar-refractivity contribution in [2.45, 2.75) is 20.8 Å². The van der Waals surface area contributed by atoms with Crippen LogP contribution < -0.4 is 16.0 Å². The molecule has 3 N–H and O–H groups in total. The van der Waals surface area contributed by atoms with E-state index in [1.165, 1.54) is 5.69 Å². The second-order valence-electron chi connectivity index (χ2n) is 6.73. The number of guanidine groups is 1. The Morgan fingerprint density at radius 3 is 2.32 bits per heavy atom. The molecule has 0 atom stereocenters. The number of carbonyl (C=O) groups is 1. The highest BCUT2D eigenvalue weighted by Gasteiger charge is 2.26. The zero-order valence-corrected chi connectivity index (χ0v) is 17.7. The van der Waals surface area contributed by atoms with Gasteiger partial charge in [-0.3, -0.25) is 9.79 Å². The van der Waals surface area contributed by atoms with Crippen molar-refractivity contribution < 1.29 is 4.79 Å². The second kappa shape index (κ2) is 9.84. The minimum atomic E-state index is -0.632. The number of nitrogens with two attached hydrogens (primary N) is 1. The van der Waals surface area contributed by atoms with Crippen LogP contribution in [0.1, 0.15) is 20.8 Å². The highest BCUT2D eigenvalue weighted by Crippen LogP contribution is 2.17. The average molecular weight is 459 g/mol. The summed E-state index contributed by atoms with van der Waals surface area (Å²) in [6.45, 7) is 10.6. The van der Waals surface area contributed by atoms with Crippen molar-refractivity contribution in [2.75, 3.05) is 44.2 Å². The van der Waals surface area contributed by atoms with Gasteiger partial charge in [0.2, 0.25) is 5.91 Å². The number of nitrogens with zero attached hydrogens (tertiary/aromatic N) is 3. The molecule has 140 valence electrons. The largest absolute Gasteiger partial charge is 0.369 e. The molecule has 1 saturated heterocycles. The van der Waals surface area contributed by atoms with Crippen molar-refractivity contribution in [3.63, 3.8) is 0 Å². The Balaban J connectivity index is 0.00000312. The van der Waals surface area contributed by atoms with E-state index < -0.39 is 5.41 Å². The molecule has 1 heterocycles. The van der Waals surface area contributed by atoms with Gasteiger partial charge in [0.25, 0.3) is 0 Å². The molecule has 0 aliphatic carbocycles. The molecule has 1 aliphatic heterocycles. The number of hydrogen-bond acceptors (Lipinski definition) is 3. The number of primary amides is 1. The van der Waals surface area contributed by atoms with E-state index in [0.29, 0.717) is 6.54 Å². The van der Waals surface area contributed by atoms with Gasteiger partial charge in [-0.1, -0.05) is 18.2 Å². The Bertz CT molecular complexity index is 568. The second-order valence-corrected chi connectivity index (χ2v) is 6.73. The highest BCUT2D eigenvalue weighted by atomic mass is 127. The summed E-state index contributed by atoms with van der Waals surface area (Å²) in [5.74, 6) is 0.538. The fourth-order valence-corrected chi connectivity index (χ4v) is 2.59. The molecule has 1 aromatic carbocycles. The van der Waals surface area contributed by atoms with Crippen molar-refractivity contribution in [1.29, 1.82) is 0 Å². The lowest BCUT2D eigenvalue weighted by Gasteiger charge is -2.38. The number of aliphatic imine (C=N–C) groups is 1. The summed E-state index contributed by atoms with van der Waals surface area (Å²) in [5, 5.41) is 3.32. The molecule has 0 aromatic heterocycles. The van der Waals surface area contributed by atoms with E-state index >= 15 is 0 Å². The summed E-state index contributed by atoms with van der Waals surface area (Å²) in [6.07, 6.45) is 0. The van der Waals surface area contributed by atoms with Crippen LogP contribution in [0.2, 0.25) is 0 Å². The molecule has 7 heteroatoms. The van der Waals surface area contributed by atoms with Gasteiger partial charge in [-0.05, 0) is 32.9 Å². The van der Waals surface area contributed by atoms with Crippen LogP contribution in [0.15, 0.2) is 35.3 Å². The molecule has 1 aliphatic rings. The number of amides is 1. The van der Waals surface area contributed by atoms with E-state index in [-0.39, 0.29) is 29.9 Å². The third-order valence-electron chi connectivity index (χ3n) is 4.33. The topological polar surface area (TPSA) is 74.0 Å². The van der Waals surface area contributed by atoms with E-state index in [4.69, 9.17) is 5.73 Å². The minimum absolute atomic E-state index is 0. The molecule has 0 radical (unpaired) electrons. The zero-order chi connectivity index (χ0) is 17.6. The molecule has 1 amide bonds. The summed E-state index contributed by atoms with van der Waals surface area (Å²) >= 11 is 0. The fraction of sp³-hybridized carbons (Fsp3) is 0.556. The molecule has 1 aromatic rings. The maximum Gasteiger partial charge on any atom is 0.224 e. The molecule has 0 saturated carbocycles. The average Bonchev–Trinajstić information content (AvgIpc) is 2.59. The van der Waals surface area contributed by atoms with Gasteiger partial charge in [-0.15, -0.1) is 24.0 Å². The molecule has 6 nitrogen and oxygen atoms in total. The standard InChI is InChI=1S/C18H29N5O.HI/c1-4-20-17(21-14-18(2,3)16(19)24)23-12-10-22(11-13-23)15-8-6-5-7-9-15;/h5-9H,4,10-14H2,1-3H3,(H2,19,24)(H,20,21);1H. The number of para-hydroxylation sites is 1. The predicted molar refractivity (Wildman–Crippen MR) is 115 cm³/mol. The summed E-state index contributed by atoms with van der Waals surface area (Å²) < 4.78 is 0. The van der Waals surface area contributed by atoms with E-state index in [1.54, 1.807) is 0 Å². The molecular formula is C18H30IN5O. The summed E-state index contributed by atoms with van der Waals surface area (Å²) in [4.78, 5) is 20.8. The first-order valence-electron chi connectivity index (χ1n) is 8.57. The van der Waals surface area contributed by atoms with Crippen molar-refractivity contribution in [3.8, 4) is 0 Å². The molecule has 25 heavy (non-hydrogen) atoms. The lowest BCUT2D eigenvalue weighted by molar-refractivity contribution is -0.125. The molecule has 0 spiro atoms. The van der Waals surface area contributed by atoms with E-state index in [9.17, 15) is 4.79 Å². The number of benzene rings is 1. The van der Waals surface area contributed by atoms with Crippen LogP contribution in [-0.4, -0.2) is 56.0 Å². The Labute approximate surface area is 167 Å². The Kier molecular flexibility index (Phi) is 8.47. The van der Waals surface area contributed by atoms with Crippen LogP contribution in [0, 0.1) is 5.41 Å². The quantitative estimate of drug-likeness (QED) is 0.401. The van der Waals surface area contributed by atoms with Crippen molar-refractivity contribution in [1.82, 2.24) is 10.2 Å². The third-order valence-corrected chi connectivity index (χ3v) is 4.33. The number of halogens is 1. The first kappa shape index (κ1) is 21.5. The number of nitrogens with one attached hydrogen (secondary N) is 1. The molecule has 2 rings (SSSR count). The van der Waals surface area contributed by atoms with Crippen LogP contribution in [0.4, 0.5) is 5.69 Å². The molecule has 1 fully saturated rings. The zero-order valence-electron chi connectivity index (χ0n) is 15.4. The van der Waals surface area contributed by atoms with Crippen molar-refractivity contribution in [3.05, 3.63) is 30.3 Å². The lowest BCUT2D eigenvalue weighted by atomic mass is 9.93. The number of carbonyl (C=O) groups excluding carboxylic acids is 1. The van der Waals surface area contributed by atoms with Gasteiger partial charge in [0.1, 0.15) is 0 Å². The van der Waals surface area contributed by atoms with E-state index in [2.05, 4.69) is 51.3 Å². The van der Waals surface area contributed by atoms with Gasteiger partial charge in [0, 0.05) is 38.4 Å². The van der Waals surface area contributed by atoms with Gasteiger partial charge in [-0.25, -0.2) is 0 Å². The highest BCUT2D eigenvalue weighted by molar-refractivity contribution is 14.0. The third kappa shape index (κ3) is 6.05. The number of hydrogen-bond donors (Lipinski definition) is 2. The maximum atomic E-state index is 11.5. The summed E-state index contributed by atoms with van der Waals surface area (Å²) in [5.41, 5.74) is 6.07. The summed E-state index contributed by atoms with van der Waals surface area (Å²) in [6, 6.07) is 10.5. The van der Waals surface area contributed by atoms with Crippen molar-refractivity contribution >= 4 is 41.5 Å². The van der Waals surface area contributed by atoms with E-state index in [1.807, 2.05) is 19.9 Å². The SMILES string of the molecule is CCNC(=NCC(C)(C)C(N)=O)N1CCN(c2ccccc2)CC1.I. The molecule has 0 unspecified atom stereocenters. The fourth-order valence-electron chi connectivity index (χ4n) is 2.59. The smallest absolute Gasteiger partial charge is 0.224 e. The maximum absolute atomic E-state index is 11.5. The summed E-state index contributed by atoms with van der Waals surface area (Å²) in [7, 11) is 0. The Hall–Kier alpha value is -1.51. The first-order valence-corrected chi connectivity index (χ1v) is 8.57. The normalized spacial score (nSPS) is 15.6. The van der Waals surface area contributed by atoms with Gasteiger partial charge in [0.05, 0.1) is 12.0 Å². The number of anilines is 1. The van der Waals surface area contributed by atoms with Crippen LogP contribution in [0.25, 0.3) is 0 Å². The van der Waals surface area contributed by atoms with Crippen LogP contribution in [0.5, 0.6) is 0 Å². The monoisotopic (exact) mass is 459 g/mol. The number of piperazine rings is 1. The Morgan fingerprint density at radius 2 is 1.80 bits per heavy atom. The van der Waals surface area contributed by atoms with Crippen molar-refractivity contribution in [2.24, 2.45) is 16.1 Å².